The van der Waals surface area contributed by atoms with Crippen LogP contribution in [0.25, 0.3) is 0 Å². The van der Waals surface area contributed by atoms with Crippen molar-refractivity contribution in [2.24, 2.45) is 10.7 Å². The Labute approximate surface area is 137 Å². The smallest absolute Gasteiger partial charge is 0.193 e. The lowest BCUT2D eigenvalue weighted by atomic mass is 10.1. The molecule has 0 radical (unpaired) electrons. The van der Waals surface area contributed by atoms with E-state index in [-0.39, 0.29) is 5.75 Å². The van der Waals surface area contributed by atoms with Crippen LogP contribution in [0.15, 0.2) is 53.5 Å². The zero-order valence-electron chi connectivity index (χ0n) is 13.3. The zero-order valence-corrected chi connectivity index (χ0v) is 14.1. The van der Waals surface area contributed by atoms with E-state index in [2.05, 4.69) is 10.3 Å². The largest absolute Gasteiger partial charge is 0.370 e. The lowest BCUT2D eigenvalue weighted by molar-refractivity contribution is 0.601. The number of aliphatic imine (C=N–C) groups is 1. The van der Waals surface area contributed by atoms with Crippen LogP contribution in [0.3, 0.4) is 0 Å². The van der Waals surface area contributed by atoms with Crippen molar-refractivity contribution in [3.63, 3.8) is 0 Å². The van der Waals surface area contributed by atoms with Crippen molar-refractivity contribution in [1.29, 1.82) is 0 Å². The summed E-state index contributed by atoms with van der Waals surface area (Å²) in [6, 6.07) is 15.2. The fourth-order valence-corrected chi connectivity index (χ4v) is 3.06. The Balaban J connectivity index is 2.10. The van der Waals surface area contributed by atoms with Gasteiger partial charge >= 0.3 is 0 Å². The van der Waals surface area contributed by atoms with Crippen molar-refractivity contribution in [2.45, 2.75) is 19.2 Å². The molecule has 0 spiro atoms. The van der Waals surface area contributed by atoms with Gasteiger partial charge in [0, 0.05) is 11.9 Å². The van der Waals surface area contributed by atoms with Gasteiger partial charge in [-0.1, -0.05) is 36.4 Å². The standard InChI is InChI=1S/C17H21N3O2S/c1-13-6-5-9-16(10-13)20-17(18)19-11-14-7-3-4-8-15(14)12-23(2,21)22/h3-10H,11-12H2,1-2H3,(H3,18,19,20). The number of guanidine groups is 1. The number of hydrogen-bond donors (Lipinski definition) is 2. The van der Waals surface area contributed by atoms with Crippen LogP contribution in [0.4, 0.5) is 5.69 Å². The first-order chi connectivity index (χ1) is 10.8. The molecule has 0 saturated heterocycles. The first-order valence-corrected chi connectivity index (χ1v) is 9.28. The van der Waals surface area contributed by atoms with Crippen LogP contribution in [0.5, 0.6) is 0 Å². The molecular formula is C17H21N3O2S. The summed E-state index contributed by atoms with van der Waals surface area (Å²) in [7, 11) is -3.09. The fraction of sp³-hybridized carbons (Fsp3) is 0.235. The van der Waals surface area contributed by atoms with Crippen molar-refractivity contribution in [1.82, 2.24) is 0 Å². The van der Waals surface area contributed by atoms with E-state index in [0.29, 0.717) is 12.5 Å². The Kier molecular flexibility index (Phi) is 5.39. The third-order valence-electron chi connectivity index (χ3n) is 3.25. The van der Waals surface area contributed by atoms with Crippen LogP contribution in [0, 0.1) is 6.92 Å². The van der Waals surface area contributed by atoms with E-state index >= 15 is 0 Å². The second kappa shape index (κ2) is 7.28. The van der Waals surface area contributed by atoms with E-state index in [0.717, 1.165) is 22.4 Å². The maximum absolute atomic E-state index is 11.5. The number of nitrogens with two attached hydrogens (primary N) is 1. The SMILES string of the molecule is Cc1cccc(NC(N)=NCc2ccccc2CS(C)(=O)=O)c1. The molecule has 0 saturated carbocycles. The first kappa shape index (κ1) is 17.0. The molecule has 122 valence electrons. The number of rotatable bonds is 5. The predicted molar refractivity (Wildman–Crippen MR) is 95.1 cm³/mol. The number of nitrogens with one attached hydrogen (secondary N) is 1. The highest BCUT2D eigenvalue weighted by Crippen LogP contribution is 2.14. The van der Waals surface area contributed by atoms with Crippen molar-refractivity contribution in [3.8, 4) is 0 Å². The van der Waals surface area contributed by atoms with Crippen molar-refractivity contribution in [2.75, 3.05) is 11.6 Å². The molecule has 0 atom stereocenters. The molecule has 0 aromatic heterocycles. The number of anilines is 1. The molecule has 0 aliphatic rings. The molecule has 0 amide bonds. The highest BCUT2D eigenvalue weighted by molar-refractivity contribution is 7.89. The molecule has 0 fully saturated rings. The summed E-state index contributed by atoms with van der Waals surface area (Å²) in [5, 5.41) is 3.03. The Morgan fingerprint density at radius 3 is 2.48 bits per heavy atom. The molecule has 3 N–H and O–H groups in total. The summed E-state index contributed by atoms with van der Waals surface area (Å²) < 4.78 is 23.0. The Morgan fingerprint density at radius 2 is 1.83 bits per heavy atom. The number of sulfone groups is 1. The maximum Gasteiger partial charge on any atom is 0.193 e. The van der Waals surface area contributed by atoms with Gasteiger partial charge in [0.15, 0.2) is 15.8 Å². The minimum atomic E-state index is -3.09. The summed E-state index contributed by atoms with van der Waals surface area (Å²) in [6.07, 6.45) is 1.22. The quantitative estimate of drug-likeness (QED) is 0.651. The Bertz CT molecular complexity index is 814. The number of aryl methyl sites for hydroxylation is 1. The highest BCUT2D eigenvalue weighted by Gasteiger charge is 2.08. The number of hydrogen-bond acceptors (Lipinski definition) is 3. The maximum atomic E-state index is 11.5. The molecule has 0 unspecified atom stereocenters. The predicted octanol–water partition coefficient (Wildman–Crippen LogP) is 2.47. The van der Waals surface area contributed by atoms with Gasteiger partial charge in [-0.25, -0.2) is 13.4 Å². The van der Waals surface area contributed by atoms with Crippen molar-refractivity contribution >= 4 is 21.5 Å². The molecule has 2 aromatic carbocycles. The van der Waals surface area contributed by atoms with Gasteiger partial charge in [-0.15, -0.1) is 0 Å². The first-order valence-electron chi connectivity index (χ1n) is 7.21. The lowest BCUT2D eigenvalue weighted by Gasteiger charge is -2.09. The summed E-state index contributed by atoms with van der Waals surface area (Å²) in [6.45, 7) is 2.33. The van der Waals surface area contributed by atoms with Crippen LogP contribution in [-0.4, -0.2) is 20.6 Å². The van der Waals surface area contributed by atoms with E-state index in [4.69, 9.17) is 5.73 Å². The van der Waals surface area contributed by atoms with Crippen LogP contribution >= 0.6 is 0 Å². The Hall–Kier alpha value is -2.34. The average molecular weight is 331 g/mol. The second-order valence-electron chi connectivity index (χ2n) is 5.53. The number of nitrogens with zero attached hydrogens (tertiary/aromatic N) is 1. The number of benzene rings is 2. The highest BCUT2D eigenvalue weighted by atomic mass is 32.2. The molecule has 0 heterocycles. The minimum Gasteiger partial charge on any atom is -0.370 e. The Morgan fingerprint density at radius 1 is 1.13 bits per heavy atom. The molecule has 5 nitrogen and oxygen atoms in total. The minimum absolute atomic E-state index is 0.00388. The van der Waals surface area contributed by atoms with Crippen molar-refractivity contribution in [3.05, 3.63) is 65.2 Å². The van der Waals surface area contributed by atoms with Gasteiger partial charge in [-0.05, 0) is 35.7 Å². The van der Waals surface area contributed by atoms with Crippen LogP contribution in [0.1, 0.15) is 16.7 Å². The van der Waals surface area contributed by atoms with Gasteiger partial charge in [0.25, 0.3) is 0 Å². The molecular weight excluding hydrogens is 310 g/mol. The topological polar surface area (TPSA) is 84.5 Å². The van der Waals surface area contributed by atoms with E-state index in [1.807, 2.05) is 49.4 Å². The molecule has 6 heteroatoms. The zero-order chi connectivity index (χ0) is 16.9. The van der Waals surface area contributed by atoms with Gasteiger partial charge < -0.3 is 11.1 Å². The third-order valence-corrected chi connectivity index (χ3v) is 4.08. The third kappa shape index (κ3) is 5.75. The molecule has 2 aromatic rings. The molecule has 0 bridgehead atoms. The van der Waals surface area contributed by atoms with Crippen LogP contribution in [-0.2, 0) is 22.1 Å². The summed E-state index contributed by atoms with van der Waals surface area (Å²) in [4.78, 5) is 4.30. The van der Waals surface area contributed by atoms with Gasteiger partial charge in [-0.2, -0.15) is 0 Å². The summed E-state index contributed by atoms with van der Waals surface area (Å²) in [5.41, 5.74) is 9.50. The average Bonchev–Trinajstić information content (AvgIpc) is 2.45. The molecule has 0 aliphatic heterocycles. The summed E-state index contributed by atoms with van der Waals surface area (Å²) in [5.74, 6) is 0.300. The van der Waals surface area contributed by atoms with Gasteiger partial charge in [0.05, 0.1) is 12.3 Å². The molecule has 23 heavy (non-hydrogen) atoms. The van der Waals surface area contributed by atoms with E-state index in [1.54, 1.807) is 6.07 Å². The molecule has 0 aliphatic carbocycles. The summed E-state index contributed by atoms with van der Waals surface area (Å²) >= 11 is 0. The van der Waals surface area contributed by atoms with E-state index in [1.165, 1.54) is 6.26 Å². The van der Waals surface area contributed by atoms with Crippen molar-refractivity contribution < 1.29 is 8.42 Å². The van der Waals surface area contributed by atoms with Gasteiger partial charge in [-0.3, -0.25) is 0 Å². The van der Waals surface area contributed by atoms with E-state index in [9.17, 15) is 8.42 Å². The van der Waals surface area contributed by atoms with Crippen LogP contribution < -0.4 is 11.1 Å². The lowest BCUT2D eigenvalue weighted by Crippen LogP contribution is -2.22. The molecule has 2 rings (SSSR count). The van der Waals surface area contributed by atoms with Crippen LogP contribution in [0.2, 0.25) is 0 Å². The fourth-order valence-electron chi connectivity index (χ4n) is 2.22. The second-order valence-corrected chi connectivity index (χ2v) is 7.67. The monoisotopic (exact) mass is 331 g/mol. The van der Waals surface area contributed by atoms with E-state index < -0.39 is 9.84 Å². The van der Waals surface area contributed by atoms with Gasteiger partial charge in [0.2, 0.25) is 0 Å². The van der Waals surface area contributed by atoms with Gasteiger partial charge in [0.1, 0.15) is 0 Å². The normalized spacial score (nSPS) is 12.2.